The van der Waals surface area contributed by atoms with Crippen molar-refractivity contribution in [1.29, 1.82) is 0 Å². The van der Waals surface area contributed by atoms with Gasteiger partial charge in [0.2, 0.25) is 0 Å². The molecule has 3 rings (SSSR count). The Morgan fingerprint density at radius 1 is 0.958 bits per heavy atom. The topological polar surface area (TPSA) is 47.0 Å². The summed E-state index contributed by atoms with van der Waals surface area (Å²) in [6.45, 7) is 4.16. The summed E-state index contributed by atoms with van der Waals surface area (Å²) in [4.78, 5) is 4.51. The van der Waals surface area contributed by atoms with E-state index in [0.29, 0.717) is 5.69 Å². The molecule has 0 fully saturated rings. The number of allylic oxidation sites excluding steroid dienone is 4. The summed E-state index contributed by atoms with van der Waals surface area (Å²) < 4.78 is 36.4. The van der Waals surface area contributed by atoms with Crippen LogP contribution >= 0.6 is 0 Å². The van der Waals surface area contributed by atoms with Gasteiger partial charge in [0.1, 0.15) is 5.82 Å². The van der Waals surface area contributed by atoms with Crippen LogP contribution < -0.4 is 0 Å². The zero-order valence-corrected chi connectivity index (χ0v) is 14.6. The number of pyridine rings is 1. The molecule has 0 radical (unpaired) electrons. The van der Waals surface area contributed by atoms with Crippen molar-refractivity contribution in [2.75, 3.05) is 6.26 Å². The molecule has 1 aliphatic carbocycles. The highest BCUT2D eigenvalue weighted by atomic mass is 32.2. The van der Waals surface area contributed by atoms with Gasteiger partial charge in [-0.2, -0.15) is 0 Å². The van der Waals surface area contributed by atoms with Gasteiger partial charge in [-0.15, -0.1) is 0 Å². The van der Waals surface area contributed by atoms with E-state index in [9.17, 15) is 12.8 Å². The Balaban J connectivity index is 2.05. The van der Waals surface area contributed by atoms with Crippen LogP contribution in [-0.2, 0) is 9.84 Å². The van der Waals surface area contributed by atoms with Crippen molar-refractivity contribution < 1.29 is 12.8 Å². The van der Waals surface area contributed by atoms with Crippen molar-refractivity contribution in [3.05, 3.63) is 71.8 Å². The minimum Gasteiger partial charge on any atom is -0.255 e. The number of benzene rings is 1. The van der Waals surface area contributed by atoms with E-state index in [1.165, 1.54) is 18.3 Å². The van der Waals surface area contributed by atoms with Crippen molar-refractivity contribution >= 4 is 21.0 Å². The van der Waals surface area contributed by atoms with Gasteiger partial charge in [0.15, 0.2) is 9.84 Å². The van der Waals surface area contributed by atoms with E-state index in [1.807, 2.05) is 0 Å². The predicted molar refractivity (Wildman–Crippen MR) is 93.5 cm³/mol. The van der Waals surface area contributed by atoms with Crippen LogP contribution in [-0.4, -0.2) is 19.7 Å². The first-order valence-corrected chi connectivity index (χ1v) is 9.43. The number of hydrogen-bond acceptors (Lipinski definition) is 3. The zero-order chi connectivity index (χ0) is 17.5. The Morgan fingerprint density at radius 3 is 2.12 bits per heavy atom. The average Bonchev–Trinajstić information content (AvgIpc) is 2.83. The van der Waals surface area contributed by atoms with Gasteiger partial charge in [-0.25, -0.2) is 12.8 Å². The highest BCUT2D eigenvalue weighted by molar-refractivity contribution is 7.90. The summed E-state index contributed by atoms with van der Waals surface area (Å²) in [6, 6.07) is 9.61. The van der Waals surface area contributed by atoms with Crippen molar-refractivity contribution in [2.45, 2.75) is 18.7 Å². The lowest BCUT2D eigenvalue weighted by molar-refractivity contribution is 0.601. The van der Waals surface area contributed by atoms with Crippen LogP contribution in [0.1, 0.15) is 25.1 Å². The Kier molecular flexibility index (Phi) is 3.92. The second-order valence-corrected chi connectivity index (χ2v) is 8.61. The lowest BCUT2D eigenvalue weighted by Crippen LogP contribution is -2.00. The third-order valence-electron chi connectivity index (χ3n) is 3.92. The second-order valence-electron chi connectivity index (χ2n) is 6.60. The molecule has 0 N–H and O–H groups in total. The molecule has 1 aromatic heterocycles. The second kappa shape index (κ2) is 5.67. The molecule has 5 heteroatoms. The number of aromatic nitrogens is 1. The van der Waals surface area contributed by atoms with Crippen LogP contribution in [0.15, 0.2) is 59.6 Å². The summed E-state index contributed by atoms with van der Waals surface area (Å²) in [5, 5.41) is 0. The Hall–Kier alpha value is -2.27. The van der Waals surface area contributed by atoms with Gasteiger partial charge in [0, 0.05) is 23.4 Å². The fraction of sp³-hybridized carbons (Fsp3) is 0.211. The van der Waals surface area contributed by atoms with Gasteiger partial charge in [0.25, 0.3) is 0 Å². The molecule has 3 nitrogen and oxygen atoms in total. The summed E-state index contributed by atoms with van der Waals surface area (Å²) in [5.74, 6) is -0.280. The molecule has 124 valence electrons. The molecule has 2 aromatic rings. The van der Waals surface area contributed by atoms with Crippen LogP contribution in [0.5, 0.6) is 0 Å². The maximum Gasteiger partial charge on any atom is 0.177 e. The standard InChI is InChI=1S/C19H18FNO2S/c1-19(2)10-16(13-4-6-14(20)7-5-13)17(11-19)18-9-8-15(12-21-18)24(3,22)23/h4-12H,1-3H3. The average molecular weight is 343 g/mol. The van der Waals surface area contributed by atoms with Crippen LogP contribution in [0.4, 0.5) is 4.39 Å². The van der Waals surface area contributed by atoms with Crippen molar-refractivity contribution in [3.63, 3.8) is 0 Å². The number of rotatable bonds is 3. The Bertz CT molecular complexity index is 938. The smallest absolute Gasteiger partial charge is 0.177 e. The summed E-state index contributed by atoms with van der Waals surface area (Å²) in [7, 11) is -3.27. The molecular weight excluding hydrogens is 325 g/mol. The molecule has 1 heterocycles. The highest BCUT2D eigenvalue weighted by Crippen LogP contribution is 2.43. The molecule has 0 aliphatic heterocycles. The molecule has 0 amide bonds. The van der Waals surface area contributed by atoms with Crippen molar-refractivity contribution in [1.82, 2.24) is 4.98 Å². The van der Waals surface area contributed by atoms with E-state index in [1.54, 1.807) is 24.3 Å². The van der Waals surface area contributed by atoms with Gasteiger partial charge in [-0.1, -0.05) is 38.1 Å². The third-order valence-corrected chi connectivity index (χ3v) is 5.02. The van der Waals surface area contributed by atoms with E-state index >= 15 is 0 Å². The van der Waals surface area contributed by atoms with Gasteiger partial charge in [-0.05, 0) is 35.4 Å². The van der Waals surface area contributed by atoms with E-state index in [4.69, 9.17) is 0 Å². The summed E-state index contributed by atoms with van der Waals surface area (Å²) in [6.07, 6.45) is 6.74. The molecule has 24 heavy (non-hydrogen) atoms. The Morgan fingerprint density at radius 2 is 1.58 bits per heavy atom. The van der Waals surface area contributed by atoms with Gasteiger partial charge >= 0.3 is 0 Å². The predicted octanol–water partition coefficient (Wildman–Crippen LogP) is 4.13. The van der Waals surface area contributed by atoms with Crippen molar-refractivity contribution in [3.8, 4) is 0 Å². The van der Waals surface area contributed by atoms with E-state index in [0.717, 1.165) is 23.0 Å². The highest BCUT2D eigenvalue weighted by Gasteiger charge is 2.26. The minimum atomic E-state index is -3.27. The normalized spacial score (nSPS) is 16.7. The SMILES string of the molecule is CC1(C)C=C(c2ccc(F)cc2)C(c2ccc(S(C)(=O)=O)cn2)=C1. The lowest BCUT2D eigenvalue weighted by Gasteiger charge is -2.09. The molecule has 0 spiro atoms. The zero-order valence-electron chi connectivity index (χ0n) is 13.7. The molecule has 0 saturated heterocycles. The number of sulfone groups is 1. The van der Waals surface area contributed by atoms with E-state index in [2.05, 4.69) is 31.0 Å². The minimum absolute atomic E-state index is 0.157. The Labute approximate surface area is 141 Å². The van der Waals surface area contributed by atoms with E-state index < -0.39 is 9.84 Å². The molecule has 0 unspecified atom stereocenters. The van der Waals surface area contributed by atoms with Crippen LogP contribution in [0, 0.1) is 11.2 Å². The lowest BCUT2D eigenvalue weighted by atomic mass is 9.95. The number of nitrogens with zero attached hydrogens (tertiary/aromatic N) is 1. The molecule has 0 bridgehead atoms. The van der Waals surface area contributed by atoms with Crippen LogP contribution in [0.2, 0.25) is 0 Å². The number of hydrogen-bond donors (Lipinski definition) is 0. The fourth-order valence-electron chi connectivity index (χ4n) is 2.78. The largest absolute Gasteiger partial charge is 0.255 e. The van der Waals surface area contributed by atoms with Crippen molar-refractivity contribution in [2.24, 2.45) is 5.41 Å². The number of halogens is 1. The molecule has 0 saturated carbocycles. The third kappa shape index (κ3) is 3.31. The first-order valence-electron chi connectivity index (χ1n) is 7.54. The molecule has 0 atom stereocenters. The fourth-order valence-corrected chi connectivity index (χ4v) is 3.34. The van der Waals surface area contributed by atoms with E-state index in [-0.39, 0.29) is 16.1 Å². The molecular formula is C19H18FNO2S. The van der Waals surface area contributed by atoms with Gasteiger partial charge < -0.3 is 0 Å². The summed E-state index contributed by atoms with van der Waals surface area (Å²) in [5.41, 5.74) is 3.34. The quantitative estimate of drug-likeness (QED) is 0.842. The molecule has 1 aliphatic rings. The maximum atomic E-state index is 13.2. The van der Waals surface area contributed by atoms with Gasteiger partial charge in [0.05, 0.1) is 10.6 Å². The molecule has 1 aromatic carbocycles. The van der Waals surface area contributed by atoms with Gasteiger partial charge in [-0.3, -0.25) is 4.98 Å². The first-order chi connectivity index (χ1) is 11.2. The van der Waals surface area contributed by atoms with Crippen LogP contribution in [0.25, 0.3) is 11.1 Å². The summed E-state index contributed by atoms with van der Waals surface area (Å²) >= 11 is 0. The van der Waals surface area contributed by atoms with Crippen LogP contribution in [0.3, 0.4) is 0 Å². The maximum absolute atomic E-state index is 13.2. The first kappa shape index (κ1) is 16.6. The monoisotopic (exact) mass is 343 g/mol.